The van der Waals surface area contributed by atoms with E-state index in [1.54, 1.807) is 19.2 Å². The zero-order chi connectivity index (χ0) is 27.5. The first-order valence-corrected chi connectivity index (χ1v) is 13.2. The molecule has 2 saturated heterocycles. The number of carbonyl (C=O) groups is 2. The van der Waals surface area contributed by atoms with Crippen molar-refractivity contribution in [2.45, 2.75) is 25.9 Å². The van der Waals surface area contributed by atoms with Gasteiger partial charge in [0.05, 0.1) is 37.3 Å². The van der Waals surface area contributed by atoms with Gasteiger partial charge in [-0.25, -0.2) is 9.18 Å². The average Bonchev–Trinajstić information content (AvgIpc) is 3.32. The molecule has 11 heteroatoms. The zero-order valence-corrected chi connectivity index (χ0v) is 22.2. The quantitative estimate of drug-likeness (QED) is 0.412. The molecule has 2 amide bonds. The lowest BCUT2D eigenvalue weighted by Gasteiger charge is -2.38. The first-order valence-electron chi connectivity index (χ1n) is 13.2. The van der Waals surface area contributed by atoms with Crippen molar-refractivity contribution in [3.05, 3.63) is 53.3 Å². The normalized spacial score (nSPS) is 22.5. The van der Waals surface area contributed by atoms with Gasteiger partial charge in [-0.2, -0.15) is 0 Å². The number of halogens is 1. The number of hydrogen-bond donors (Lipinski definition) is 2. The van der Waals surface area contributed by atoms with Crippen molar-refractivity contribution >= 4 is 29.1 Å². The number of hydrogen-bond acceptors (Lipinski definition) is 8. The second-order valence-electron chi connectivity index (χ2n) is 10.2. The third kappa shape index (κ3) is 5.78. The molecule has 2 aromatic rings. The second kappa shape index (κ2) is 11.5. The third-order valence-corrected chi connectivity index (χ3v) is 7.73. The highest BCUT2D eigenvalue weighted by Gasteiger charge is 2.33. The number of aryl methyl sites for hydroxylation is 1. The maximum absolute atomic E-state index is 15.2. The number of nitrogens with one attached hydrogen (secondary N) is 1. The summed E-state index contributed by atoms with van der Waals surface area (Å²) in [5.41, 5.74) is 3.74. The van der Waals surface area contributed by atoms with Gasteiger partial charge in [0.15, 0.2) is 0 Å². The molecule has 39 heavy (non-hydrogen) atoms. The van der Waals surface area contributed by atoms with E-state index in [0.717, 1.165) is 49.4 Å². The molecule has 0 saturated carbocycles. The number of oxime groups is 1. The van der Waals surface area contributed by atoms with E-state index < -0.39 is 18.0 Å². The molecule has 0 radical (unpaired) electrons. The van der Waals surface area contributed by atoms with E-state index in [1.165, 1.54) is 17.9 Å². The number of ether oxygens (including phenoxy) is 2. The van der Waals surface area contributed by atoms with Crippen molar-refractivity contribution in [3.63, 3.8) is 0 Å². The standard InChI is InChI=1S/C28H34FN5O5/c1-18(35)30-15-23-17-34(28(36)39-23)21-5-8-26(25(29)14-21)33-11-9-32(10-12-33)16-20-4-3-19-13-22(38-2)6-7-24(19)27(20)31-37/h5-8,13-14,20,23,37H,3-4,9-12,15-17H2,1-2H3,(H,30,35)/b31-27+. The van der Waals surface area contributed by atoms with Crippen LogP contribution in [0.3, 0.4) is 0 Å². The molecular weight excluding hydrogens is 505 g/mol. The highest BCUT2D eigenvalue weighted by atomic mass is 19.1. The van der Waals surface area contributed by atoms with Gasteiger partial charge in [-0.15, -0.1) is 0 Å². The predicted octanol–water partition coefficient (Wildman–Crippen LogP) is 2.86. The number of nitrogens with zero attached hydrogens (tertiary/aromatic N) is 4. The Morgan fingerprint density at radius 3 is 2.69 bits per heavy atom. The van der Waals surface area contributed by atoms with Gasteiger partial charge in [0.1, 0.15) is 17.7 Å². The van der Waals surface area contributed by atoms with Gasteiger partial charge in [0.25, 0.3) is 0 Å². The molecule has 2 aromatic carbocycles. The van der Waals surface area contributed by atoms with Gasteiger partial charge in [0, 0.05) is 51.1 Å². The van der Waals surface area contributed by atoms with Crippen molar-refractivity contribution in [2.24, 2.45) is 11.1 Å². The van der Waals surface area contributed by atoms with Crippen LogP contribution < -0.4 is 19.9 Å². The fraction of sp³-hybridized carbons (Fsp3) is 0.464. The molecular formula is C28H34FN5O5. The summed E-state index contributed by atoms with van der Waals surface area (Å²) in [5.74, 6) is 0.320. The largest absolute Gasteiger partial charge is 0.497 e. The molecule has 208 valence electrons. The number of anilines is 2. The van der Waals surface area contributed by atoms with Crippen LogP contribution in [0.5, 0.6) is 5.75 Å². The van der Waals surface area contributed by atoms with Crippen molar-refractivity contribution in [1.29, 1.82) is 0 Å². The third-order valence-electron chi connectivity index (χ3n) is 7.73. The molecule has 2 N–H and O–H groups in total. The molecule has 1 aliphatic carbocycles. The Labute approximate surface area is 226 Å². The highest BCUT2D eigenvalue weighted by Crippen LogP contribution is 2.31. The lowest BCUT2D eigenvalue weighted by atomic mass is 9.81. The van der Waals surface area contributed by atoms with Crippen LogP contribution in [0.4, 0.5) is 20.6 Å². The van der Waals surface area contributed by atoms with Crippen LogP contribution in [-0.4, -0.2) is 86.8 Å². The van der Waals surface area contributed by atoms with Gasteiger partial charge in [-0.1, -0.05) is 5.16 Å². The van der Waals surface area contributed by atoms with Crippen LogP contribution in [0, 0.1) is 11.7 Å². The van der Waals surface area contributed by atoms with Crippen molar-refractivity contribution < 1.29 is 28.7 Å². The molecule has 2 atom stereocenters. The predicted molar refractivity (Wildman–Crippen MR) is 144 cm³/mol. The number of fused-ring (bicyclic) bond motifs is 1. The smallest absolute Gasteiger partial charge is 0.414 e. The van der Waals surface area contributed by atoms with Crippen LogP contribution in [0.1, 0.15) is 24.5 Å². The van der Waals surface area contributed by atoms with E-state index >= 15 is 4.39 Å². The number of carbonyl (C=O) groups excluding carboxylic acids is 2. The fourth-order valence-electron chi connectivity index (χ4n) is 5.65. The fourth-order valence-corrected chi connectivity index (χ4v) is 5.65. The summed E-state index contributed by atoms with van der Waals surface area (Å²) in [6.07, 6.45) is 0.753. The summed E-state index contributed by atoms with van der Waals surface area (Å²) in [6, 6.07) is 10.7. The number of cyclic esters (lactones) is 1. The van der Waals surface area contributed by atoms with E-state index in [-0.39, 0.29) is 24.9 Å². The molecule has 0 aromatic heterocycles. The topological polar surface area (TPSA) is 107 Å². The van der Waals surface area contributed by atoms with Gasteiger partial charge >= 0.3 is 6.09 Å². The number of piperazine rings is 1. The summed E-state index contributed by atoms with van der Waals surface area (Å²) in [7, 11) is 1.64. The van der Waals surface area contributed by atoms with E-state index in [4.69, 9.17) is 9.47 Å². The minimum Gasteiger partial charge on any atom is -0.497 e. The van der Waals surface area contributed by atoms with E-state index in [0.29, 0.717) is 30.2 Å². The molecule has 2 fully saturated rings. The summed E-state index contributed by atoms with van der Waals surface area (Å²) in [5, 5.41) is 16.1. The van der Waals surface area contributed by atoms with Crippen molar-refractivity contribution in [3.8, 4) is 5.75 Å². The molecule has 2 unspecified atom stereocenters. The minimum atomic E-state index is -0.554. The SMILES string of the molecule is COc1ccc2c(c1)CCC(CN1CCN(c3ccc(N4CC(CNC(C)=O)OC4=O)cc3F)CC1)/C2=N\O. The van der Waals surface area contributed by atoms with Crippen molar-refractivity contribution in [1.82, 2.24) is 10.2 Å². The van der Waals surface area contributed by atoms with Crippen LogP contribution in [-0.2, 0) is 16.0 Å². The van der Waals surface area contributed by atoms with Gasteiger partial charge in [-0.05, 0) is 54.8 Å². The van der Waals surface area contributed by atoms with Gasteiger partial charge < -0.3 is 24.9 Å². The van der Waals surface area contributed by atoms with Gasteiger partial charge in [-0.3, -0.25) is 14.6 Å². The monoisotopic (exact) mass is 539 g/mol. The Kier molecular flexibility index (Phi) is 7.87. The summed E-state index contributed by atoms with van der Waals surface area (Å²) >= 11 is 0. The Balaban J connectivity index is 1.17. The Morgan fingerprint density at radius 1 is 1.21 bits per heavy atom. The lowest BCUT2D eigenvalue weighted by Crippen LogP contribution is -2.49. The molecule has 2 aliphatic heterocycles. The summed E-state index contributed by atoms with van der Waals surface area (Å²) in [4.78, 5) is 29.2. The maximum Gasteiger partial charge on any atom is 0.414 e. The van der Waals surface area contributed by atoms with Crippen LogP contribution >= 0.6 is 0 Å². The minimum absolute atomic E-state index is 0.119. The van der Waals surface area contributed by atoms with Crippen LogP contribution in [0.15, 0.2) is 41.6 Å². The average molecular weight is 540 g/mol. The lowest BCUT2D eigenvalue weighted by molar-refractivity contribution is -0.119. The Morgan fingerprint density at radius 2 is 2.00 bits per heavy atom. The second-order valence-corrected chi connectivity index (χ2v) is 10.2. The molecule has 5 rings (SSSR count). The maximum atomic E-state index is 15.2. The van der Waals surface area contributed by atoms with Crippen molar-refractivity contribution in [2.75, 3.05) is 62.7 Å². The van der Waals surface area contributed by atoms with E-state index in [2.05, 4.69) is 15.4 Å². The Hall–Kier alpha value is -3.86. The molecule has 10 nitrogen and oxygen atoms in total. The molecule has 2 heterocycles. The number of rotatable bonds is 7. The number of methoxy groups -OCH3 is 1. The van der Waals surface area contributed by atoms with E-state index in [1.807, 2.05) is 23.1 Å². The van der Waals surface area contributed by atoms with Gasteiger partial charge in [0.2, 0.25) is 5.91 Å². The summed E-state index contributed by atoms with van der Waals surface area (Å²) < 4.78 is 25.8. The first-order chi connectivity index (χ1) is 18.9. The highest BCUT2D eigenvalue weighted by molar-refractivity contribution is 6.04. The van der Waals surface area contributed by atoms with E-state index in [9.17, 15) is 14.8 Å². The summed E-state index contributed by atoms with van der Waals surface area (Å²) in [6.45, 7) is 5.47. The zero-order valence-electron chi connectivity index (χ0n) is 22.2. The molecule has 3 aliphatic rings. The first kappa shape index (κ1) is 26.7. The number of benzene rings is 2. The molecule has 0 spiro atoms. The molecule has 0 bridgehead atoms. The van der Waals surface area contributed by atoms with Crippen LogP contribution in [0.25, 0.3) is 0 Å². The van der Waals surface area contributed by atoms with Crippen LogP contribution in [0.2, 0.25) is 0 Å². The Bertz CT molecular complexity index is 1260. The number of amides is 2.